The van der Waals surface area contributed by atoms with E-state index in [1.807, 2.05) is 0 Å². The third-order valence-electron chi connectivity index (χ3n) is 3.34. The molecule has 2 amide bonds. The minimum absolute atomic E-state index is 0.0231. The fraction of sp³-hybridized carbons (Fsp3) is 0.467. The standard InChI is InChI=1S/C15H22N2O8P/c1-24-12-5-4-11(8-13(12)25-2)9-14(18)16-10-15(19)17(20)6-3-7-26(21,22)23/h4-5,8H,3,6-7,9-10H2,1-2H3,(H,16,18)(H2,21,22,23)/q-1. The number of benzene rings is 1. The normalized spacial score (nSPS) is 11.0. The van der Waals surface area contributed by atoms with Crippen LogP contribution in [0, 0.1) is 5.21 Å². The molecule has 10 nitrogen and oxygen atoms in total. The summed E-state index contributed by atoms with van der Waals surface area (Å²) in [5.41, 5.74) is 0.633. The predicted molar refractivity (Wildman–Crippen MR) is 92.9 cm³/mol. The van der Waals surface area contributed by atoms with E-state index in [4.69, 9.17) is 19.3 Å². The monoisotopic (exact) mass is 389 g/mol. The first-order valence-corrected chi connectivity index (χ1v) is 9.45. The lowest BCUT2D eigenvalue weighted by Crippen LogP contribution is -2.38. The van der Waals surface area contributed by atoms with Crippen molar-refractivity contribution in [2.45, 2.75) is 12.8 Å². The lowest BCUT2D eigenvalue weighted by Gasteiger charge is -2.28. The SMILES string of the molecule is COc1ccc(CC(=O)NCC(=O)N([O-])CCCP(=O)(O)O)cc1OC. The van der Waals surface area contributed by atoms with Gasteiger partial charge in [0.25, 0.3) is 0 Å². The number of nitrogens with one attached hydrogen (secondary N) is 1. The van der Waals surface area contributed by atoms with Crippen LogP contribution >= 0.6 is 7.60 Å². The van der Waals surface area contributed by atoms with Crippen LogP contribution in [0.4, 0.5) is 0 Å². The molecule has 0 saturated heterocycles. The molecule has 1 aromatic rings. The first kappa shape index (κ1) is 21.9. The van der Waals surface area contributed by atoms with Crippen LogP contribution in [0.2, 0.25) is 0 Å². The van der Waals surface area contributed by atoms with E-state index >= 15 is 0 Å². The summed E-state index contributed by atoms with van der Waals surface area (Å²) in [6.07, 6.45) is -0.630. The molecule has 0 fully saturated rings. The highest BCUT2D eigenvalue weighted by molar-refractivity contribution is 7.51. The Balaban J connectivity index is 2.43. The largest absolute Gasteiger partial charge is 0.756 e. The quantitative estimate of drug-likeness (QED) is 0.381. The Kier molecular flexibility index (Phi) is 8.53. The number of hydrogen-bond acceptors (Lipinski definition) is 6. The zero-order chi connectivity index (χ0) is 19.7. The molecule has 0 aromatic heterocycles. The predicted octanol–water partition coefficient (Wildman–Crippen LogP) is 0.257. The van der Waals surface area contributed by atoms with E-state index in [2.05, 4.69) is 5.32 Å². The maximum Gasteiger partial charge on any atom is 0.325 e. The zero-order valence-electron chi connectivity index (χ0n) is 14.5. The molecule has 0 unspecified atom stereocenters. The summed E-state index contributed by atoms with van der Waals surface area (Å²) in [5.74, 6) is -0.376. The number of nitrogens with zero attached hydrogens (tertiary/aromatic N) is 1. The van der Waals surface area contributed by atoms with Crippen molar-refractivity contribution in [2.24, 2.45) is 0 Å². The number of carbonyl (C=O) groups is 2. The molecule has 26 heavy (non-hydrogen) atoms. The van der Waals surface area contributed by atoms with Crippen molar-refractivity contribution in [1.29, 1.82) is 0 Å². The fourth-order valence-corrected chi connectivity index (χ4v) is 2.60. The molecular formula is C15H22N2O8P-. The average Bonchev–Trinajstić information content (AvgIpc) is 2.58. The molecule has 11 heteroatoms. The Morgan fingerprint density at radius 3 is 2.46 bits per heavy atom. The second-order valence-corrected chi connectivity index (χ2v) is 7.16. The van der Waals surface area contributed by atoms with Crippen molar-refractivity contribution >= 4 is 19.4 Å². The number of rotatable bonds is 10. The van der Waals surface area contributed by atoms with Gasteiger partial charge in [0.1, 0.15) is 0 Å². The van der Waals surface area contributed by atoms with Crippen LogP contribution in [-0.4, -0.2) is 60.1 Å². The van der Waals surface area contributed by atoms with Crippen molar-refractivity contribution in [3.05, 3.63) is 29.0 Å². The third-order valence-corrected chi connectivity index (χ3v) is 4.24. The van der Waals surface area contributed by atoms with E-state index < -0.39 is 32.1 Å². The number of amides is 2. The second kappa shape index (κ2) is 10.1. The molecule has 146 valence electrons. The van der Waals surface area contributed by atoms with Gasteiger partial charge in [0, 0.05) is 6.54 Å². The van der Waals surface area contributed by atoms with Gasteiger partial charge in [-0.2, -0.15) is 0 Å². The van der Waals surface area contributed by atoms with E-state index in [1.165, 1.54) is 14.2 Å². The minimum atomic E-state index is -4.20. The molecule has 1 rings (SSSR count). The molecular weight excluding hydrogens is 367 g/mol. The third kappa shape index (κ3) is 7.83. The zero-order valence-corrected chi connectivity index (χ0v) is 15.4. The summed E-state index contributed by atoms with van der Waals surface area (Å²) in [4.78, 5) is 40.9. The Hall–Kier alpha value is -2.13. The van der Waals surface area contributed by atoms with Crippen molar-refractivity contribution in [1.82, 2.24) is 10.4 Å². The van der Waals surface area contributed by atoms with Crippen molar-refractivity contribution < 1.29 is 33.4 Å². The highest BCUT2D eigenvalue weighted by Crippen LogP contribution is 2.34. The summed E-state index contributed by atoms with van der Waals surface area (Å²) in [6, 6.07) is 4.94. The van der Waals surface area contributed by atoms with Gasteiger partial charge >= 0.3 is 7.60 Å². The van der Waals surface area contributed by atoms with Crippen LogP contribution in [0.3, 0.4) is 0 Å². The van der Waals surface area contributed by atoms with Gasteiger partial charge in [-0.25, -0.2) is 0 Å². The summed E-state index contributed by atoms with van der Waals surface area (Å²) >= 11 is 0. The molecule has 0 aliphatic heterocycles. The van der Waals surface area contributed by atoms with Crippen LogP contribution in [0.1, 0.15) is 12.0 Å². The Morgan fingerprint density at radius 1 is 1.23 bits per heavy atom. The van der Waals surface area contributed by atoms with E-state index in [1.54, 1.807) is 18.2 Å². The second-order valence-electron chi connectivity index (χ2n) is 5.38. The maximum atomic E-state index is 11.9. The number of methoxy groups -OCH3 is 2. The molecule has 3 N–H and O–H groups in total. The lowest BCUT2D eigenvalue weighted by molar-refractivity contribution is -0.130. The highest BCUT2D eigenvalue weighted by Gasteiger charge is 2.14. The average molecular weight is 389 g/mol. The maximum absolute atomic E-state index is 11.9. The smallest absolute Gasteiger partial charge is 0.325 e. The highest BCUT2D eigenvalue weighted by atomic mass is 31.2. The van der Waals surface area contributed by atoms with E-state index in [-0.39, 0.29) is 24.4 Å². The van der Waals surface area contributed by atoms with Gasteiger partial charge in [0.05, 0.1) is 33.3 Å². The van der Waals surface area contributed by atoms with E-state index in [0.717, 1.165) is 0 Å². The van der Waals surface area contributed by atoms with Gasteiger partial charge in [0.15, 0.2) is 11.5 Å². The fourth-order valence-electron chi connectivity index (χ4n) is 2.05. The Labute approximate surface area is 150 Å². The van der Waals surface area contributed by atoms with Crippen LogP contribution in [-0.2, 0) is 20.6 Å². The van der Waals surface area contributed by atoms with Crippen molar-refractivity contribution in [3.8, 4) is 11.5 Å². The molecule has 0 aliphatic carbocycles. The molecule has 0 saturated carbocycles. The van der Waals surface area contributed by atoms with Gasteiger partial charge in [-0.05, 0) is 24.1 Å². The minimum Gasteiger partial charge on any atom is -0.756 e. The number of ether oxygens (including phenoxy) is 2. The van der Waals surface area contributed by atoms with Crippen LogP contribution in [0.25, 0.3) is 0 Å². The topological polar surface area (TPSA) is 148 Å². The first-order chi connectivity index (χ1) is 12.2. The van der Waals surface area contributed by atoms with Crippen LogP contribution < -0.4 is 14.8 Å². The molecule has 0 aliphatic rings. The Morgan fingerprint density at radius 2 is 1.88 bits per heavy atom. The van der Waals surface area contributed by atoms with Gasteiger partial charge in [0.2, 0.25) is 11.8 Å². The summed E-state index contributed by atoms with van der Waals surface area (Å²) in [5, 5.41) is 13.9. The van der Waals surface area contributed by atoms with Gasteiger partial charge in [-0.3, -0.25) is 14.2 Å². The number of hydrogen-bond donors (Lipinski definition) is 3. The van der Waals surface area contributed by atoms with Gasteiger partial charge in [-0.15, -0.1) is 0 Å². The molecule has 0 bridgehead atoms. The number of carbonyl (C=O) groups excluding carboxylic acids is 2. The summed E-state index contributed by atoms with van der Waals surface area (Å²) < 4.78 is 20.9. The first-order valence-electron chi connectivity index (χ1n) is 7.66. The molecule has 1 aromatic carbocycles. The van der Waals surface area contributed by atoms with E-state index in [9.17, 15) is 19.4 Å². The molecule has 0 heterocycles. The van der Waals surface area contributed by atoms with Crippen molar-refractivity contribution in [2.75, 3.05) is 33.5 Å². The van der Waals surface area contributed by atoms with E-state index in [0.29, 0.717) is 17.1 Å². The van der Waals surface area contributed by atoms with Crippen molar-refractivity contribution in [3.63, 3.8) is 0 Å². The molecule has 0 radical (unpaired) electrons. The summed E-state index contributed by atoms with van der Waals surface area (Å²) in [7, 11) is -1.24. The van der Waals surface area contributed by atoms with Gasteiger partial charge < -0.3 is 34.8 Å². The lowest BCUT2D eigenvalue weighted by atomic mass is 10.1. The van der Waals surface area contributed by atoms with Crippen LogP contribution in [0.15, 0.2) is 18.2 Å². The Bertz CT molecular complexity index is 676. The van der Waals surface area contributed by atoms with Gasteiger partial charge in [-0.1, -0.05) is 6.07 Å². The van der Waals surface area contributed by atoms with Crippen LogP contribution in [0.5, 0.6) is 11.5 Å². The summed E-state index contributed by atoms with van der Waals surface area (Å²) in [6.45, 7) is -0.846. The number of hydroxylamine groups is 2. The molecule has 0 atom stereocenters. The molecule has 0 spiro atoms.